The Morgan fingerprint density at radius 1 is 1.31 bits per heavy atom. The van der Waals surface area contributed by atoms with Crippen LogP contribution in [0.5, 0.6) is 0 Å². The van der Waals surface area contributed by atoms with Gasteiger partial charge in [0.25, 0.3) is 6.43 Å². The van der Waals surface area contributed by atoms with Gasteiger partial charge in [0.15, 0.2) is 11.1 Å². The molecule has 3 heterocycles. The van der Waals surface area contributed by atoms with Crippen molar-refractivity contribution in [3.63, 3.8) is 0 Å². The molecule has 1 aromatic carbocycles. The molecular formula is C27H23ClF2N8O. The first-order valence-electron chi connectivity index (χ1n) is 11.7. The van der Waals surface area contributed by atoms with E-state index in [0.29, 0.717) is 27.2 Å². The maximum atomic E-state index is 13.7. The lowest BCUT2D eigenvalue weighted by atomic mass is 10.1. The molecule has 4 aromatic rings. The fourth-order valence-electron chi connectivity index (χ4n) is 3.97. The smallest absolute Gasteiger partial charge is 0.283 e. The molecule has 0 bridgehead atoms. The number of hydrogen-bond donors (Lipinski definition) is 2. The number of aryl methyl sites for hydroxylation is 1. The molecule has 0 spiro atoms. The zero-order valence-electron chi connectivity index (χ0n) is 21.0. The van der Waals surface area contributed by atoms with E-state index >= 15 is 0 Å². The van der Waals surface area contributed by atoms with Crippen molar-refractivity contribution in [3.05, 3.63) is 99.3 Å². The van der Waals surface area contributed by atoms with Crippen molar-refractivity contribution < 1.29 is 13.6 Å². The number of nitrogens with zero attached hydrogens (tertiary/aromatic N) is 6. The first-order chi connectivity index (χ1) is 18.7. The van der Waals surface area contributed by atoms with Crippen molar-refractivity contribution in [2.75, 3.05) is 11.9 Å². The summed E-state index contributed by atoms with van der Waals surface area (Å²) >= 11 is 6.15. The van der Waals surface area contributed by atoms with Crippen molar-refractivity contribution >= 4 is 34.9 Å². The van der Waals surface area contributed by atoms with Crippen LogP contribution in [-0.4, -0.2) is 32.0 Å². The van der Waals surface area contributed by atoms with Crippen LogP contribution in [0.3, 0.4) is 0 Å². The summed E-state index contributed by atoms with van der Waals surface area (Å²) in [5.41, 5.74) is 1.48. The molecule has 0 fully saturated rings. The highest BCUT2D eigenvalue weighted by Gasteiger charge is 2.23. The largest absolute Gasteiger partial charge is 0.362 e. The number of carbonyl (C=O) groups excluding carboxylic acids is 1. The van der Waals surface area contributed by atoms with Gasteiger partial charge in [-0.3, -0.25) is 14.8 Å². The van der Waals surface area contributed by atoms with E-state index in [0.717, 1.165) is 10.1 Å². The van der Waals surface area contributed by atoms with E-state index in [1.165, 1.54) is 6.20 Å². The topological polar surface area (TPSA) is 120 Å². The minimum atomic E-state index is -3.01. The molecule has 2 N–H and O–H groups in total. The molecule has 39 heavy (non-hydrogen) atoms. The molecular weight excluding hydrogens is 526 g/mol. The van der Waals surface area contributed by atoms with Gasteiger partial charge < -0.3 is 10.6 Å². The fraction of sp³-hybridized carbons (Fsp3) is 0.185. The molecule has 1 amide bonds. The van der Waals surface area contributed by atoms with E-state index in [1.807, 2.05) is 6.92 Å². The molecule has 0 saturated heterocycles. The van der Waals surface area contributed by atoms with Gasteiger partial charge >= 0.3 is 0 Å². The lowest BCUT2D eigenvalue weighted by molar-refractivity contribution is -0.120. The van der Waals surface area contributed by atoms with Gasteiger partial charge in [-0.2, -0.15) is 14.9 Å². The summed E-state index contributed by atoms with van der Waals surface area (Å²) in [5, 5.41) is 20.3. The number of halogens is 3. The number of carbonyl (C=O) groups is 1. The van der Waals surface area contributed by atoms with Crippen LogP contribution in [0.1, 0.15) is 47.5 Å². The lowest BCUT2D eigenvalue weighted by Gasteiger charge is -2.13. The Balaban J connectivity index is 1.90. The predicted octanol–water partition coefficient (Wildman–Crippen LogP) is 3.78. The summed E-state index contributed by atoms with van der Waals surface area (Å²) in [6, 6.07) is 10.1. The lowest BCUT2D eigenvalue weighted by Crippen LogP contribution is -2.38. The van der Waals surface area contributed by atoms with Gasteiger partial charge in [-0.05, 0) is 61.5 Å². The van der Waals surface area contributed by atoms with Gasteiger partial charge in [0.2, 0.25) is 5.91 Å². The average Bonchev–Trinajstić information content (AvgIpc) is 3.28. The minimum Gasteiger partial charge on any atom is -0.362 e. The number of alkyl halides is 2. The van der Waals surface area contributed by atoms with E-state index in [2.05, 4.69) is 37.3 Å². The second-order valence-electron chi connectivity index (χ2n) is 8.45. The Bertz CT molecular complexity index is 1710. The number of fused-ring (bicyclic) bond motifs is 1. The van der Waals surface area contributed by atoms with Crippen LogP contribution in [0.4, 0.5) is 14.5 Å². The second-order valence-corrected chi connectivity index (χ2v) is 8.89. The molecule has 198 valence electrons. The van der Waals surface area contributed by atoms with Crippen molar-refractivity contribution in [2.24, 2.45) is 4.99 Å². The van der Waals surface area contributed by atoms with Crippen molar-refractivity contribution in [1.29, 1.82) is 5.26 Å². The molecule has 0 saturated carbocycles. The van der Waals surface area contributed by atoms with Crippen LogP contribution in [0.2, 0.25) is 5.02 Å². The highest BCUT2D eigenvalue weighted by molar-refractivity contribution is 6.30. The molecule has 12 heteroatoms. The molecule has 0 aliphatic rings. The molecule has 9 nitrogen and oxygen atoms in total. The third-order valence-electron chi connectivity index (χ3n) is 5.84. The summed E-state index contributed by atoms with van der Waals surface area (Å²) in [7, 11) is 0. The molecule has 4 rings (SSSR count). The normalized spacial score (nSPS) is 12.9. The Labute approximate surface area is 227 Å². The minimum absolute atomic E-state index is 0.0766. The van der Waals surface area contributed by atoms with Crippen LogP contribution < -0.4 is 21.3 Å². The van der Waals surface area contributed by atoms with Gasteiger partial charge in [-0.25, -0.2) is 13.8 Å². The van der Waals surface area contributed by atoms with E-state index in [9.17, 15) is 18.8 Å². The number of nitriles is 1. The van der Waals surface area contributed by atoms with E-state index in [1.54, 1.807) is 61.8 Å². The summed E-state index contributed by atoms with van der Waals surface area (Å²) in [6.07, 6.45) is 3.44. The third-order valence-corrected chi connectivity index (χ3v) is 6.08. The number of hydrogen-bond acceptors (Lipinski definition) is 7. The monoisotopic (exact) mass is 548 g/mol. The Morgan fingerprint density at radius 2 is 2.05 bits per heavy atom. The van der Waals surface area contributed by atoms with E-state index in [4.69, 9.17) is 11.6 Å². The molecule has 0 aliphatic carbocycles. The summed E-state index contributed by atoms with van der Waals surface area (Å²) < 4.78 is 28.5. The van der Waals surface area contributed by atoms with E-state index in [-0.39, 0.29) is 29.3 Å². The van der Waals surface area contributed by atoms with Crippen molar-refractivity contribution in [2.45, 2.75) is 26.3 Å². The Morgan fingerprint density at radius 3 is 2.72 bits per heavy atom. The highest BCUT2D eigenvalue weighted by Crippen LogP contribution is 2.24. The second kappa shape index (κ2) is 11.8. The SMILES string of the molecule is C=CNc1cc(Cl)ccc1/C=c1\c(C)nc2c(C#N)c(C(F)F)nn2c1=NCC(=O)NC(C)c1ccncc1. The number of anilines is 1. The molecule has 1 atom stereocenters. The molecule has 0 radical (unpaired) electrons. The van der Waals surface area contributed by atoms with Crippen LogP contribution in [0, 0.1) is 18.3 Å². The number of nitrogens with one attached hydrogen (secondary N) is 2. The zero-order valence-corrected chi connectivity index (χ0v) is 21.7. The van der Waals surface area contributed by atoms with E-state index < -0.39 is 18.0 Å². The van der Waals surface area contributed by atoms with Crippen molar-refractivity contribution in [3.8, 4) is 6.07 Å². The van der Waals surface area contributed by atoms with Gasteiger partial charge in [-0.1, -0.05) is 24.2 Å². The average molecular weight is 549 g/mol. The standard InChI is InChI=1S/C27H23ClF2N8O/c1-4-33-22-12-19(28)6-5-18(22)11-20-16(3)36-27-21(13-31)24(25(29)30)37-38(27)26(20)34-14-23(39)35-15(2)17-7-9-32-10-8-17/h4-12,15,25,33H,1,14H2,2-3H3,(H,35,39)/b20-11+,34-26?. The number of amides is 1. The van der Waals surface area contributed by atoms with Crippen LogP contribution in [-0.2, 0) is 4.79 Å². The van der Waals surface area contributed by atoms with Gasteiger partial charge in [0, 0.05) is 28.3 Å². The molecule has 3 aromatic heterocycles. The summed E-state index contributed by atoms with van der Waals surface area (Å²) in [5.74, 6) is -0.407. The van der Waals surface area contributed by atoms with Crippen molar-refractivity contribution in [1.82, 2.24) is 24.9 Å². The Kier molecular flexibility index (Phi) is 8.27. The van der Waals surface area contributed by atoms with Gasteiger partial charge in [0.1, 0.15) is 23.9 Å². The third kappa shape index (κ3) is 5.91. The molecule has 1 unspecified atom stereocenters. The Hall–Kier alpha value is -4.69. The van der Waals surface area contributed by atoms with Crippen LogP contribution >= 0.6 is 11.6 Å². The van der Waals surface area contributed by atoms with Crippen LogP contribution in [0.25, 0.3) is 11.7 Å². The first-order valence-corrected chi connectivity index (χ1v) is 12.1. The number of pyridine rings is 1. The molecule has 0 aliphatic heterocycles. The predicted molar refractivity (Wildman–Crippen MR) is 143 cm³/mol. The van der Waals surface area contributed by atoms with Crippen LogP contribution in [0.15, 0.2) is 60.5 Å². The quantitative estimate of drug-likeness (QED) is 0.346. The van der Waals surface area contributed by atoms with Gasteiger partial charge in [-0.15, -0.1) is 0 Å². The number of aromatic nitrogens is 4. The maximum absolute atomic E-state index is 13.7. The highest BCUT2D eigenvalue weighted by atomic mass is 35.5. The zero-order chi connectivity index (χ0) is 28.1. The summed E-state index contributed by atoms with van der Waals surface area (Å²) in [4.78, 5) is 25.6. The number of benzene rings is 1. The fourth-order valence-corrected chi connectivity index (χ4v) is 4.14. The van der Waals surface area contributed by atoms with Gasteiger partial charge in [0.05, 0.1) is 11.7 Å². The summed E-state index contributed by atoms with van der Waals surface area (Å²) in [6.45, 7) is 6.82. The maximum Gasteiger partial charge on any atom is 0.283 e. The first kappa shape index (κ1) is 27.3. The number of rotatable bonds is 8.